The highest BCUT2D eigenvalue weighted by Gasteiger charge is 2.32. The molecule has 11 nitrogen and oxygen atoms in total. The first-order valence-electron chi connectivity index (χ1n) is 16.2. The Morgan fingerprint density at radius 1 is 1.04 bits per heavy atom. The predicted molar refractivity (Wildman–Crippen MR) is 178 cm³/mol. The van der Waals surface area contributed by atoms with Crippen molar-refractivity contribution in [3.05, 3.63) is 72.6 Å². The molecule has 1 aromatic heterocycles. The van der Waals surface area contributed by atoms with E-state index >= 15 is 0 Å². The molecule has 0 saturated carbocycles. The molecule has 3 fully saturated rings. The quantitative estimate of drug-likeness (QED) is 0.289. The van der Waals surface area contributed by atoms with E-state index in [9.17, 15) is 13.6 Å². The third kappa shape index (κ3) is 7.32. The molecule has 1 amide bonds. The topological polar surface area (TPSA) is 98.3 Å². The van der Waals surface area contributed by atoms with E-state index < -0.39 is 17.7 Å². The zero-order valence-corrected chi connectivity index (χ0v) is 26.9. The summed E-state index contributed by atoms with van der Waals surface area (Å²) in [5, 5.41) is 7.79. The van der Waals surface area contributed by atoms with Crippen molar-refractivity contribution < 1.29 is 23.1 Å². The van der Waals surface area contributed by atoms with E-state index in [1.54, 1.807) is 13.2 Å². The molecule has 0 bridgehead atoms. The molecule has 2 N–H and O–H groups in total. The van der Waals surface area contributed by atoms with Crippen LogP contribution in [0.4, 0.5) is 37.5 Å². The average molecular weight is 649 g/mol. The fourth-order valence-corrected chi connectivity index (χ4v) is 6.72. The maximum atomic E-state index is 14.7. The number of nitrogens with zero attached hydrogens (tertiary/aromatic N) is 6. The summed E-state index contributed by atoms with van der Waals surface area (Å²) in [7, 11) is 1.60. The van der Waals surface area contributed by atoms with Crippen molar-refractivity contribution >= 4 is 34.6 Å². The second kappa shape index (κ2) is 14.6. The van der Waals surface area contributed by atoms with Gasteiger partial charge in [0.25, 0.3) is 0 Å². The summed E-state index contributed by atoms with van der Waals surface area (Å²) < 4.78 is 34.1. The second-order valence-electron chi connectivity index (χ2n) is 12.0. The number of aromatic nitrogens is 2. The van der Waals surface area contributed by atoms with Crippen molar-refractivity contribution in [1.29, 1.82) is 0 Å². The van der Waals surface area contributed by atoms with Crippen molar-refractivity contribution in [3.63, 3.8) is 0 Å². The largest absolute Gasteiger partial charge is 0.494 e. The molecular weight excluding hydrogens is 606 g/mol. The Labute approximate surface area is 274 Å². The first kappa shape index (κ1) is 32.6. The van der Waals surface area contributed by atoms with Gasteiger partial charge in [-0.3, -0.25) is 14.5 Å². The number of hydrogen-bond acceptors (Lipinski definition) is 10. The van der Waals surface area contributed by atoms with Gasteiger partial charge in [0.1, 0.15) is 29.5 Å². The highest BCUT2D eigenvalue weighted by molar-refractivity contribution is 6.02. The van der Waals surface area contributed by atoms with E-state index in [1.807, 2.05) is 12.1 Å². The number of benzene rings is 2. The summed E-state index contributed by atoms with van der Waals surface area (Å²) in [4.78, 5) is 34.5. The first-order chi connectivity index (χ1) is 22.9. The lowest BCUT2D eigenvalue weighted by molar-refractivity contribution is -0.111. The minimum absolute atomic E-state index is 0.319. The van der Waals surface area contributed by atoms with Gasteiger partial charge in [-0.1, -0.05) is 19.6 Å². The Morgan fingerprint density at radius 3 is 2.53 bits per heavy atom. The molecule has 1 atom stereocenters. The average Bonchev–Trinajstić information content (AvgIpc) is 3.58. The number of amides is 1. The van der Waals surface area contributed by atoms with Crippen molar-refractivity contribution in [2.45, 2.75) is 38.3 Å². The van der Waals surface area contributed by atoms with Gasteiger partial charge in [-0.05, 0) is 37.6 Å². The van der Waals surface area contributed by atoms with Gasteiger partial charge in [0.2, 0.25) is 5.91 Å². The number of rotatable bonds is 10. The number of hydroxylamine groups is 1. The molecule has 13 heteroatoms. The van der Waals surface area contributed by atoms with E-state index in [2.05, 4.69) is 48.8 Å². The van der Waals surface area contributed by atoms with Crippen LogP contribution in [-0.4, -0.2) is 91.2 Å². The molecule has 3 aliphatic heterocycles. The maximum Gasteiger partial charge on any atom is 0.247 e. The third-order valence-electron chi connectivity index (χ3n) is 9.30. The van der Waals surface area contributed by atoms with Crippen LogP contribution in [0.3, 0.4) is 0 Å². The Morgan fingerprint density at radius 2 is 1.83 bits per heavy atom. The monoisotopic (exact) mass is 648 g/mol. The van der Waals surface area contributed by atoms with Gasteiger partial charge in [0.05, 0.1) is 36.8 Å². The zero-order valence-electron chi connectivity index (χ0n) is 26.9. The van der Waals surface area contributed by atoms with Crippen LogP contribution >= 0.6 is 0 Å². The summed E-state index contributed by atoms with van der Waals surface area (Å²) in [6.07, 6.45) is 5.20. The Kier molecular flexibility index (Phi) is 10.1. The van der Waals surface area contributed by atoms with Crippen LogP contribution in [0.25, 0.3) is 0 Å². The Hall–Kier alpha value is -4.33. The maximum absolute atomic E-state index is 14.7. The lowest BCUT2D eigenvalue weighted by Crippen LogP contribution is -2.53. The minimum Gasteiger partial charge on any atom is -0.494 e. The molecule has 4 heterocycles. The van der Waals surface area contributed by atoms with Crippen molar-refractivity contribution in [3.8, 4) is 5.75 Å². The third-order valence-corrected chi connectivity index (χ3v) is 9.30. The molecule has 3 aromatic rings. The summed E-state index contributed by atoms with van der Waals surface area (Å²) in [6, 6.07) is 9.03. The molecule has 0 aliphatic carbocycles. The molecule has 0 radical (unpaired) electrons. The van der Waals surface area contributed by atoms with Gasteiger partial charge in [-0.15, -0.1) is 0 Å². The highest BCUT2D eigenvalue weighted by Crippen LogP contribution is 2.41. The predicted octanol–water partition coefficient (Wildman–Crippen LogP) is 5.12. The van der Waals surface area contributed by atoms with Crippen molar-refractivity contribution in [2.24, 2.45) is 0 Å². The molecule has 1 unspecified atom stereocenters. The van der Waals surface area contributed by atoms with Crippen molar-refractivity contribution in [1.82, 2.24) is 19.8 Å². The van der Waals surface area contributed by atoms with Gasteiger partial charge in [0, 0.05) is 75.5 Å². The van der Waals surface area contributed by atoms with Gasteiger partial charge in [-0.25, -0.2) is 23.8 Å². The fraction of sp³-hybridized carbons (Fsp3) is 0.441. The van der Waals surface area contributed by atoms with Gasteiger partial charge < -0.3 is 25.2 Å². The molecule has 2 aromatic carbocycles. The van der Waals surface area contributed by atoms with Gasteiger partial charge in [-0.2, -0.15) is 0 Å². The number of anilines is 5. The highest BCUT2D eigenvalue weighted by atomic mass is 19.1. The molecule has 3 saturated heterocycles. The van der Waals surface area contributed by atoms with E-state index in [0.717, 1.165) is 70.4 Å². The van der Waals surface area contributed by atoms with Gasteiger partial charge in [0.15, 0.2) is 5.82 Å². The van der Waals surface area contributed by atoms with E-state index in [0.29, 0.717) is 53.4 Å². The van der Waals surface area contributed by atoms with Gasteiger partial charge >= 0.3 is 0 Å². The number of likely N-dealkylation sites (N-methyl/N-ethyl adjacent to an activating group) is 1. The van der Waals surface area contributed by atoms with Crippen LogP contribution in [0, 0.1) is 11.6 Å². The van der Waals surface area contributed by atoms with E-state index in [-0.39, 0.29) is 5.91 Å². The lowest BCUT2D eigenvalue weighted by Gasteiger charge is -2.43. The molecule has 6 rings (SSSR count). The Bertz CT molecular complexity index is 1580. The molecule has 250 valence electrons. The summed E-state index contributed by atoms with van der Waals surface area (Å²) in [5.41, 5.74) is 2.39. The standard InChI is InChI=1S/C34H42F2N8O3/c1-4-34(45)40-27-19-28(31(46-3)20-30(27)43-11-8-24(9-12-43)42-15-13-41(5-2)14-16-42)39-32-21-33(38-22-37-32)44-29(10-17-47-44)25-7-6-23(35)18-26(25)36/h4,6-7,18-22,24,29H,1,5,8-17H2,2-3H3,(H,40,45)(H,37,38,39). The number of piperazine rings is 1. The number of carbonyl (C=O) groups is 1. The number of piperidine rings is 1. The Balaban J connectivity index is 1.21. The minimum atomic E-state index is -0.643. The summed E-state index contributed by atoms with van der Waals surface area (Å²) in [5.74, 6) is -0.197. The molecule has 47 heavy (non-hydrogen) atoms. The zero-order chi connectivity index (χ0) is 32.9. The molecule has 0 spiro atoms. The van der Waals surface area contributed by atoms with Crippen LogP contribution in [0.2, 0.25) is 0 Å². The second-order valence-corrected chi connectivity index (χ2v) is 12.0. The van der Waals surface area contributed by atoms with Crippen LogP contribution in [0.5, 0.6) is 5.75 Å². The first-order valence-corrected chi connectivity index (χ1v) is 16.2. The fourth-order valence-electron chi connectivity index (χ4n) is 6.72. The number of halogens is 2. The number of hydrogen-bond donors (Lipinski definition) is 2. The number of nitrogens with one attached hydrogen (secondary N) is 2. The van der Waals surface area contributed by atoms with Crippen LogP contribution < -0.4 is 25.3 Å². The van der Waals surface area contributed by atoms with Crippen LogP contribution in [-0.2, 0) is 9.63 Å². The smallest absolute Gasteiger partial charge is 0.247 e. The molecular formula is C34H42F2N8O3. The summed E-state index contributed by atoms with van der Waals surface area (Å²) >= 11 is 0. The number of ether oxygens (including phenoxy) is 1. The number of carbonyl (C=O) groups excluding carboxylic acids is 1. The molecule has 3 aliphatic rings. The lowest BCUT2D eigenvalue weighted by atomic mass is 10.0. The van der Waals surface area contributed by atoms with E-state index in [1.165, 1.54) is 29.6 Å². The van der Waals surface area contributed by atoms with Crippen LogP contribution in [0.15, 0.2) is 55.4 Å². The van der Waals surface area contributed by atoms with E-state index in [4.69, 9.17) is 9.57 Å². The van der Waals surface area contributed by atoms with Crippen molar-refractivity contribution in [2.75, 3.05) is 80.1 Å². The summed E-state index contributed by atoms with van der Waals surface area (Å²) in [6.45, 7) is 13.4. The SMILES string of the molecule is C=CC(=O)Nc1cc(Nc2cc(N3OCCC3c3ccc(F)cc3F)ncn2)c(OC)cc1N1CCC(N2CCN(CC)CC2)CC1. The van der Waals surface area contributed by atoms with Crippen LogP contribution in [0.1, 0.15) is 37.8 Å². The normalized spacial score (nSPS) is 19.5. The number of methoxy groups -OCH3 is 1.